The van der Waals surface area contributed by atoms with Crippen molar-refractivity contribution in [2.75, 3.05) is 6.54 Å². The van der Waals surface area contributed by atoms with Crippen LogP contribution in [0.5, 0.6) is 0 Å². The Labute approximate surface area is 159 Å². The molecule has 2 heterocycles. The number of amides is 1. The van der Waals surface area contributed by atoms with Gasteiger partial charge in [-0.25, -0.2) is 4.79 Å². The van der Waals surface area contributed by atoms with Crippen molar-refractivity contribution in [2.24, 2.45) is 0 Å². The summed E-state index contributed by atoms with van der Waals surface area (Å²) in [4.78, 5) is 18.1. The molecule has 1 fully saturated rings. The number of benzene rings is 1. The van der Waals surface area contributed by atoms with E-state index in [1.807, 2.05) is 30.3 Å². The molecule has 0 spiro atoms. The summed E-state index contributed by atoms with van der Waals surface area (Å²) >= 11 is 0. The van der Waals surface area contributed by atoms with Crippen LogP contribution in [0.15, 0.2) is 30.3 Å². The predicted octanol–water partition coefficient (Wildman–Crippen LogP) is 4.70. The van der Waals surface area contributed by atoms with E-state index in [1.165, 1.54) is 10.5 Å². The SMILES string of the molecule is N#Cc1c(C2CCCN2C(=O)O)nc2c(c1-c1ccccc1)CCCCC2. The smallest absolute Gasteiger partial charge is 0.407 e. The Morgan fingerprint density at radius 2 is 1.93 bits per heavy atom. The van der Waals surface area contributed by atoms with Gasteiger partial charge in [-0.05, 0) is 49.7 Å². The minimum Gasteiger partial charge on any atom is -0.465 e. The number of carboxylic acid groups (broad SMARTS) is 1. The zero-order valence-corrected chi connectivity index (χ0v) is 15.3. The zero-order valence-electron chi connectivity index (χ0n) is 15.3. The van der Waals surface area contributed by atoms with Crippen molar-refractivity contribution in [1.82, 2.24) is 9.88 Å². The number of rotatable bonds is 2. The maximum Gasteiger partial charge on any atom is 0.407 e. The van der Waals surface area contributed by atoms with Crippen LogP contribution < -0.4 is 0 Å². The van der Waals surface area contributed by atoms with E-state index in [4.69, 9.17) is 4.98 Å². The van der Waals surface area contributed by atoms with Gasteiger partial charge < -0.3 is 5.11 Å². The Hall–Kier alpha value is -2.87. The number of fused-ring (bicyclic) bond motifs is 1. The largest absolute Gasteiger partial charge is 0.465 e. The summed E-state index contributed by atoms with van der Waals surface area (Å²) in [5.74, 6) is 0. The lowest BCUT2D eigenvalue weighted by molar-refractivity contribution is 0.139. The van der Waals surface area contributed by atoms with Crippen molar-refractivity contribution in [1.29, 1.82) is 5.26 Å². The molecule has 5 nitrogen and oxygen atoms in total. The first-order chi connectivity index (χ1) is 13.2. The van der Waals surface area contributed by atoms with Crippen LogP contribution in [0.3, 0.4) is 0 Å². The van der Waals surface area contributed by atoms with E-state index in [1.54, 1.807) is 0 Å². The van der Waals surface area contributed by atoms with Crippen molar-refractivity contribution in [3.63, 3.8) is 0 Å². The molecule has 1 atom stereocenters. The highest BCUT2D eigenvalue weighted by atomic mass is 16.4. The Kier molecular flexibility index (Phi) is 4.81. The van der Waals surface area contributed by atoms with Gasteiger partial charge in [-0.1, -0.05) is 36.8 Å². The second-order valence-corrected chi connectivity index (χ2v) is 7.34. The van der Waals surface area contributed by atoms with Crippen molar-refractivity contribution < 1.29 is 9.90 Å². The highest BCUT2D eigenvalue weighted by Crippen LogP contribution is 2.40. The molecule has 1 unspecified atom stereocenters. The molecular formula is C22H23N3O2. The fourth-order valence-corrected chi connectivity index (χ4v) is 4.50. The third kappa shape index (κ3) is 3.16. The van der Waals surface area contributed by atoms with Crippen molar-refractivity contribution in [3.8, 4) is 17.2 Å². The minimum absolute atomic E-state index is 0.326. The maximum absolute atomic E-state index is 11.7. The fraction of sp³-hybridized carbons (Fsp3) is 0.409. The van der Waals surface area contributed by atoms with E-state index in [-0.39, 0.29) is 6.04 Å². The number of aryl methyl sites for hydroxylation is 1. The third-order valence-electron chi connectivity index (χ3n) is 5.74. The molecule has 1 N–H and O–H groups in total. The van der Waals surface area contributed by atoms with Crippen LogP contribution in [0, 0.1) is 11.3 Å². The summed E-state index contributed by atoms with van der Waals surface area (Å²) in [5, 5.41) is 19.7. The molecular weight excluding hydrogens is 338 g/mol. The fourth-order valence-electron chi connectivity index (χ4n) is 4.50. The average molecular weight is 361 g/mol. The first-order valence-corrected chi connectivity index (χ1v) is 9.71. The lowest BCUT2D eigenvalue weighted by Crippen LogP contribution is -2.30. The summed E-state index contributed by atoms with van der Waals surface area (Å²) in [7, 11) is 0. The lowest BCUT2D eigenvalue weighted by atomic mass is 9.89. The summed E-state index contributed by atoms with van der Waals surface area (Å²) in [6, 6.07) is 12.1. The summed E-state index contributed by atoms with van der Waals surface area (Å²) in [6.45, 7) is 0.504. The van der Waals surface area contributed by atoms with Crippen LogP contribution in [-0.2, 0) is 12.8 Å². The minimum atomic E-state index is -0.931. The molecule has 27 heavy (non-hydrogen) atoms. The Morgan fingerprint density at radius 3 is 2.67 bits per heavy atom. The first kappa shape index (κ1) is 17.5. The highest BCUT2D eigenvalue weighted by molar-refractivity contribution is 5.76. The van der Waals surface area contributed by atoms with Gasteiger partial charge in [0, 0.05) is 17.8 Å². The molecule has 138 valence electrons. The quantitative estimate of drug-likeness (QED) is 0.786. The zero-order chi connectivity index (χ0) is 18.8. The van der Waals surface area contributed by atoms with Crippen molar-refractivity contribution in [2.45, 2.75) is 51.0 Å². The summed E-state index contributed by atoms with van der Waals surface area (Å²) < 4.78 is 0. The van der Waals surface area contributed by atoms with Gasteiger partial charge >= 0.3 is 6.09 Å². The van der Waals surface area contributed by atoms with Crippen LogP contribution in [-0.4, -0.2) is 27.6 Å². The number of nitriles is 1. The molecule has 1 amide bonds. The lowest BCUT2D eigenvalue weighted by Gasteiger charge is -2.25. The van der Waals surface area contributed by atoms with Gasteiger partial charge in [-0.3, -0.25) is 9.88 Å². The number of aromatic nitrogens is 1. The number of hydrogen-bond donors (Lipinski definition) is 1. The molecule has 0 bridgehead atoms. The van der Waals surface area contributed by atoms with Gasteiger partial charge in [0.1, 0.15) is 6.07 Å². The van der Waals surface area contributed by atoms with E-state index in [2.05, 4.69) is 6.07 Å². The number of nitrogens with zero attached hydrogens (tertiary/aromatic N) is 3. The standard InChI is InChI=1S/C22H23N3O2/c23-14-17-20(15-8-3-1-4-9-15)16-10-5-2-6-11-18(16)24-21(17)19-12-7-13-25(19)22(26)27/h1,3-4,8-9,19H,2,5-7,10-13H2,(H,26,27). The van der Waals surface area contributed by atoms with E-state index in [9.17, 15) is 15.2 Å². The maximum atomic E-state index is 11.7. The Morgan fingerprint density at radius 1 is 1.15 bits per heavy atom. The molecule has 2 aliphatic rings. The van der Waals surface area contributed by atoms with Gasteiger partial charge in [0.05, 0.1) is 17.3 Å². The topological polar surface area (TPSA) is 77.2 Å². The van der Waals surface area contributed by atoms with E-state index in [0.29, 0.717) is 17.8 Å². The monoisotopic (exact) mass is 361 g/mol. The molecule has 4 rings (SSSR count). The molecule has 1 aliphatic heterocycles. The van der Waals surface area contributed by atoms with Crippen LogP contribution in [0.25, 0.3) is 11.1 Å². The number of likely N-dealkylation sites (tertiary alicyclic amines) is 1. The van der Waals surface area contributed by atoms with Crippen LogP contribution in [0.4, 0.5) is 4.79 Å². The summed E-state index contributed by atoms with van der Waals surface area (Å²) in [6.07, 6.45) is 5.77. The molecule has 1 saturated heterocycles. The molecule has 2 aromatic rings. The molecule has 1 aliphatic carbocycles. The second-order valence-electron chi connectivity index (χ2n) is 7.34. The molecule has 0 saturated carbocycles. The van der Waals surface area contributed by atoms with E-state index < -0.39 is 6.09 Å². The van der Waals surface area contributed by atoms with Crippen LogP contribution in [0.2, 0.25) is 0 Å². The van der Waals surface area contributed by atoms with Crippen molar-refractivity contribution >= 4 is 6.09 Å². The van der Waals surface area contributed by atoms with Gasteiger partial charge in [-0.2, -0.15) is 5.26 Å². The molecule has 0 radical (unpaired) electrons. The van der Waals surface area contributed by atoms with E-state index in [0.717, 1.165) is 61.8 Å². The number of hydrogen-bond acceptors (Lipinski definition) is 3. The van der Waals surface area contributed by atoms with E-state index >= 15 is 0 Å². The predicted molar refractivity (Wildman–Crippen MR) is 102 cm³/mol. The second kappa shape index (κ2) is 7.40. The number of pyridine rings is 1. The Balaban J connectivity index is 1.96. The van der Waals surface area contributed by atoms with Crippen LogP contribution >= 0.6 is 0 Å². The molecule has 1 aromatic carbocycles. The summed E-state index contributed by atoms with van der Waals surface area (Å²) in [5.41, 5.74) is 5.43. The molecule has 5 heteroatoms. The van der Waals surface area contributed by atoms with Gasteiger partial charge in [0.2, 0.25) is 0 Å². The Bertz CT molecular complexity index is 902. The third-order valence-corrected chi connectivity index (χ3v) is 5.74. The molecule has 1 aromatic heterocycles. The van der Waals surface area contributed by atoms with Crippen LogP contribution in [0.1, 0.15) is 60.7 Å². The normalized spacial score (nSPS) is 19.2. The van der Waals surface area contributed by atoms with Gasteiger partial charge in [0.15, 0.2) is 0 Å². The first-order valence-electron chi connectivity index (χ1n) is 9.71. The van der Waals surface area contributed by atoms with Gasteiger partial charge in [-0.15, -0.1) is 0 Å². The number of carbonyl (C=O) groups is 1. The highest BCUT2D eigenvalue weighted by Gasteiger charge is 2.35. The average Bonchev–Trinajstić information content (AvgIpc) is 3.07. The van der Waals surface area contributed by atoms with Gasteiger partial charge in [0.25, 0.3) is 0 Å². The van der Waals surface area contributed by atoms with Crippen molar-refractivity contribution in [3.05, 3.63) is 52.8 Å².